The molecule has 0 radical (unpaired) electrons. The highest BCUT2D eigenvalue weighted by atomic mass is 32.1. The van der Waals surface area contributed by atoms with Crippen LogP contribution in [0.3, 0.4) is 0 Å². The molecule has 0 spiro atoms. The van der Waals surface area contributed by atoms with Crippen LogP contribution >= 0.6 is 11.3 Å². The van der Waals surface area contributed by atoms with E-state index < -0.39 is 0 Å². The van der Waals surface area contributed by atoms with Crippen LogP contribution in [0.5, 0.6) is 5.75 Å². The summed E-state index contributed by atoms with van der Waals surface area (Å²) in [6.07, 6.45) is 0.958. The van der Waals surface area contributed by atoms with Crippen molar-refractivity contribution in [1.29, 1.82) is 0 Å². The third-order valence-corrected chi connectivity index (χ3v) is 9.07. The molecular weight excluding hydrogens is 506 g/mol. The third-order valence-electron chi connectivity index (χ3n) is 8.07. The van der Waals surface area contributed by atoms with Crippen LogP contribution in [0.15, 0.2) is 60.0 Å². The maximum absolute atomic E-state index is 13.6. The minimum absolute atomic E-state index is 0.0376. The maximum Gasteiger partial charge on any atom is 0.254 e. The van der Waals surface area contributed by atoms with Crippen molar-refractivity contribution in [2.24, 2.45) is 0 Å². The molecule has 2 atom stereocenters. The topological polar surface area (TPSA) is 53.1 Å². The van der Waals surface area contributed by atoms with E-state index in [1.165, 1.54) is 21.6 Å². The number of hydrogen-bond donors (Lipinski definition) is 0. The van der Waals surface area contributed by atoms with E-state index in [1.54, 1.807) is 18.4 Å². The Balaban J connectivity index is 1.25. The van der Waals surface area contributed by atoms with E-state index in [9.17, 15) is 9.59 Å². The summed E-state index contributed by atoms with van der Waals surface area (Å²) in [6, 6.07) is 18.4. The van der Waals surface area contributed by atoms with Crippen molar-refractivity contribution < 1.29 is 14.3 Å². The average Bonchev–Trinajstić information content (AvgIpc) is 3.41. The molecule has 2 aliphatic heterocycles. The van der Waals surface area contributed by atoms with Gasteiger partial charge in [0.1, 0.15) is 5.75 Å². The van der Waals surface area contributed by atoms with Gasteiger partial charge in [-0.1, -0.05) is 45.0 Å². The molecule has 2 aromatic carbocycles. The van der Waals surface area contributed by atoms with Crippen molar-refractivity contribution in [3.8, 4) is 5.75 Å². The van der Waals surface area contributed by atoms with Crippen LogP contribution in [0.1, 0.15) is 65.7 Å². The molecule has 2 aliphatic rings. The highest BCUT2D eigenvalue weighted by molar-refractivity contribution is 7.10. The number of piperazine rings is 1. The van der Waals surface area contributed by atoms with Crippen molar-refractivity contribution in [1.82, 2.24) is 14.7 Å². The van der Waals surface area contributed by atoms with Crippen LogP contribution in [0, 0.1) is 0 Å². The minimum Gasteiger partial charge on any atom is -0.497 e. The highest BCUT2D eigenvalue weighted by Crippen LogP contribution is 2.38. The number of nitrogens with zero attached hydrogens (tertiary/aromatic N) is 3. The van der Waals surface area contributed by atoms with Gasteiger partial charge in [0.15, 0.2) is 0 Å². The molecule has 0 aliphatic carbocycles. The second-order valence-corrected chi connectivity index (χ2v) is 12.7. The molecule has 6 nitrogen and oxygen atoms in total. The summed E-state index contributed by atoms with van der Waals surface area (Å²) in [5, 5.41) is 2.15. The molecular formula is C32H39N3O3S. The molecule has 39 heavy (non-hydrogen) atoms. The Morgan fingerprint density at radius 3 is 2.33 bits per heavy atom. The normalized spacial score (nSPS) is 20.0. The largest absolute Gasteiger partial charge is 0.497 e. The molecule has 206 valence electrons. The summed E-state index contributed by atoms with van der Waals surface area (Å²) in [5.41, 5.74) is 4.43. The molecule has 1 fully saturated rings. The van der Waals surface area contributed by atoms with Crippen LogP contribution in [-0.4, -0.2) is 72.4 Å². The summed E-state index contributed by atoms with van der Waals surface area (Å²) in [5.74, 6) is 0.991. The van der Waals surface area contributed by atoms with Crippen molar-refractivity contribution in [2.45, 2.75) is 51.6 Å². The van der Waals surface area contributed by atoms with Gasteiger partial charge >= 0.3 is 0 Å². The molecule has 7 heteroatoms. The van der Waals surface area contributed by atoms with Crippen LogP contribution in [0.2, 0.25) is 0 Å². The summed E-state index contributed by atoms with van der Waals surface area (Å²) in [4.78, 5) is 34.4. The number of carbonyl (C=O) groups is 2. The summed E-state index contributed by atoms with van der Waals surface area (Å²) in [7, 11) is 1.68. The molecule has 3 heterocycles. The number of amides is 2. The fraction of sp³-hybridized carbons (Fsp3) is 0.438. The second kappa shape index (κ2) is 11.1. The highest BCUT2D eigenvalue weighted by Gasteiger charge is 2.34. The summed E-state index contributed by atoms with van der Waals surface area (Å²) >= 11 is 1.80. The molecule has 0 bridgehead atoms. The van der Waals surface area contributed by atoms with Gasteiger partial charge in [0, 0.05) is 42.7 Å². The quantitative estimate of drug-likeness (QED) is 0.432. The van der Waals surface area contributed by atoms with Crippen LogP contribution < -0.4 is 4.74 Å². The lowest BCUT2D eigenvalue weighted by molar-refractivity contribution is -0.135. The van der Waals surface area contributed by atoms with E-state index in [-0.39, 0.29) is 29.3 Å². The maximum atomic E-state index is 13.6. The van der Waals surface area contributed by atoms with E-state index in [0.29, 0.717) is 31.7 Å². The first-order chi connectivity index (χ1) is 18.7. The van der Waals surface area contributed by atoms with E-state index in [4.69, 9.17) is 4.74 Å². The fourth-order valence-electron chi connectivity index (χ4n) is 5.75. The number of thiophene rings is 1. The average molecular weight is 546 g/mol. The molecule has 0 unspecified atom stereocenters. The van der Waals surface area contributed by atoms with Crippen molar-refractivity contribution in [2.75, 3.05) is 39.8 Å². The summed E-state index contributed by atoms with van der Waals surface area (Å²) in [6.45, 7) is 11.4. The van der Waals surface area contributed by atoms with E-state index in [1.807, 2.05) is 41.0 Å². The number of rotatable bonds is 5. The van der Waals surface area contributed by atoms with Gasteiger partial charge in [0.25, 0.3) is 5.91 Å². The molecule has 0 N–H and O–H groups in total. The Labute approximate surface area is 236 Å². The lowest BCUT2D eigenvalue weighted by Gasteiger charge is -2.42. The molecule has 3 aromatic rings. The predicted molar refractivity (Wildman–Crippen MR) is 157 cm³/mol. The van der Waals surface area contributed by atoms with E-state index in [0.717, 1.165) is 18.7 Å². The minimum atomic E-state index is -0.0419. The SMILES string of the molecule is COc1ccc([C@H]2c3ccsc3CCN2CC(=O)N2CCN(C(=O)c3ccc(C(C)(C)C)cc3)[C@@H](C)C2)cc1. The van der Waals surface area contributed by atoms with Gasteiger partial charge in [0.05, 0.1) is 19.7 Å². The third kappa shape index (κ3) is 5.75. The lowest BCUT2D eigenvalue weighted by atomic mass is 9.86. The molecule has 5 rings (SSSR count). The van der Waals surface area contributed by atoms with Crippen molar-refractivity contribution in [3.05, 3.63) is 87.1 Å². The van der Waals surface area contributed by atoms with Gasteiger partial charge in [-0.15, -0.1) is 11.3 Å². The first-order valence-electron chi connectivity index (χ1n) is 13.8. The van der Waals surface area contributed by atoms with Crippen molar-refractivity contribution >= 4 is 23.2 Å². The Kier molecular flexibility index (Phi) is 7.83. The van der Waals surface area contributed by atoms with Gasteiger partial charge < -0.3 is 14.5 Å². The molecule has 1 aromatic heterocycles. The van der Waals surface area contributed by atoms with Crippen LogP contribution in [0.25, 0.3) is 0 Å². The van der Waals surface area contributed by atoms with Gasteiger partial charge in [-0.3, -0.25) is 14.5 Å². The van der Waals surface area contributed by atoms with Crippen LogP contribution in [-0.2, 0) is 16.6 Å². The molecule has 2 amide bonds. The first kappa shape index (κ1) is 27.4. The Hall–Kier alpha value is -3.16. The van der Waals surface area contributed by atoms with Gasteiger partial charge in [-0.2, -0.15) is 0 Å². The number of hydrogen-bond acceptors (Lipinski definition) is 5. The van der Waals surface area contributed by atoms with Gasteiger partial charge in [-0.05, 0) is 71.2 Å². The second-order valence-electron chi connectivity index (χ2n) is 11.7. The van der Waals surface area contributed by atoms with Gasteiger partial charge in [0.2, 0.25) is 5.91 Å². The number of fused-ring (bicyclic) bond motifs is 1. The van der Waals surface area contributed by atoms with E-state index >= 15 is 0 Å². The smallest absolute Gasteiger partial charge is 0.254 e. The monoisotopic (exact) mass is 545 g/mol. The zero-order chi connectivity index (χ0) is 27.7. The van der Waals surface area contributed by atoms with Gasteiger partial charge in [-0.25, -0.2) is 0 Å². The molecule has 1 saturated heterocycles. The standard InChI is InChI=1S/C32H39N3O3S/c1-22-20-33(17-18-35(22)31(37)24-6-10-25(11-7-24)32(2,3)4)29(36)21-34-16-14-28-27(15-19-39-28)30(34)23-8-12-26(38-5)13-9-23/h6-13,15,19,22,30H,14,16-18,20-21H2,1-5H3/t22-,30-/m0/s1. The zero-order valence-electron chi connectivity index (χ0n) is 23.6. The number of carbonyl (C=O) groups excluding carboxylic acids is 2. The summed E-state index contributed by atoms with van der Waals surface area (Å²) < 4.78 is 5.36. The number of ether oxygens (including phenoxy) is 1. The predicted octanol–water partition coefficient (Wildman–Crippen LogP) is 5.37. The fourth-order valence-corrected chi connectivity index (χ4v) is 6.66. The van der Waals surface area contributed by atoms with E-state index in [2.05, 4.69) is 61.4 Å². The lowest BCUT2D eigenvalue weighted by Crippen LogP contribution is -2.57. The zero-order valence-corrected chi connectivity index (χ0v) is 24.5. The van der Waals surface area contributed by atoms with Crippen molar-refractivity contribution in [3.63, 3.8) is 0 Å². The Bertz CT molecular complexity index is 1310. The van der Waals surface area contributed by atoms with Crippen LogP contribution in [0.4, 0.5) is 0 Å². The first-order valence-corrected chi connectivity index (χ1v) is 14.7. The molecule has 0 saturated carbocycles. The number of benzene rings is 2. The Morgan fingerprint density at radius 1 is 0.974 bits per heavy atom. The Morgan fingerprint density at radius 2 is 1.69 bits per heavy atom. The number of methoxy groups -OCH3 is 1.